The maximum absolute atomic E-state index is 14.1. The van der Waals surface area contributed by atoms with Gasteiger partial charge in [-0.05, 0) is 107 Å². The standard InChI is InChI=1S/C35H59N9O5S/c1-23(16-20-50-2)32(46)42-28(14-6-9-18-37)34(48)44-30(21-24-22-40-26-12-4-3-11-25(24)26)35(49)43-29(15-7-10-19-38)33(47)41-27(31(39)45)13-5-8-17-36/h3-4,11-12,22-23,27-30,40H,5-10,13-21,36-38H2,1-2H3,(H2,39,45)(H,41,47)(H,42,46)(H,43,49)(H,44,48)/t23-,27-,28-,29-,30-/m0/s1. The van der Waals surface area contributed by atoms with E-state index < -0.39 is 47.8 Å². The Morgan fingerprint density at radius 3 is 1.70 bits per heavy atom. The van der Waals surface area contributed by atoms with Crippen LogP contribution < -0.4 is 44.2 Å². The number of nitrogens with two attached hydrogens (primary N) is 4. The minimum atomic E-state index is -1.11. The number of para-hydroxylation sites is 1. The molecule has 1 aromatic carbocycles. The van der Waals surface area contributed by atoms with Crippen molar-refractivity contribution in [2.45, 2.75) is 102 Å². The zero-order valence-corrected chi connectivity index (χ0v) is 30.5. The third-order valence-electron chi connectivity index (χ3n) is 8.70. The minimum Gasteiger partial charge on any atom is -0.368 e. The van der Waals surface area contributed by atoms with Gasteiger partial charge in [0.05, 0.1) is 0 Å². The summed E-state index contributed by atoms with van der Waals surface area (Å²) < 4.78 is 0. The zero-order valence-electron chi connectivity index (χ0n) is 29.6. The Bertz CT molecular complexity index is 1360. The Morgan fingerprint density at radius 1 is 0.680 bits per heavy atom. The molecular weight excluding hydrogens is 659 g/mol. The normalized spacial score (nSPS) is 14.3. The van der Waals surface area contributed by atoms with Crippen molar-refractivity contribution in [2.24, 2.45) is 28.9 Å². The molecule has 1 heterocycles. The fourth-order valence-electron chi connectivity index (χ4n) is 5.59. The number of hydrogen-bond acceptors (Lipinski definition) is 9. The van der Waals surface area contributed by atoms with Gasteiger partial charge in [-0.25, -0.2) is 0 Å². The number of carbonyl (C=O) groups excluding carboxylic acids is 5. The predicted molar refractivity (Wildman–Crippen MR) is 200 cm³/mol. The predicted octanol–water partition coefficient (Wildman–Crippen LogP) is 0.911. The quantitative estimate of drug-likeness (QED) is 0.0626. The number of amides is 5. The molecule has 50 heavy (non-hydrogen) atoms. The van der Waals surface area contributed by atoms with Crippen LogP contribution >= 0.6 is 11.8 Å². The summed E-state index contributed by atoms with van der Waals surface area (Å²) in [5.41, 5.74) is 24.2. The van der Waals surface area contributed by atoms with Gasteiger partial charge in [0.2, 0.25) is 29.5 Å². The number of carbonyl (C=O) groups is 5. The number of thioether (sulfide) groups is 1. The second kappa shape index (κ2) is 23.7. The summed E-state index contributed by atoms with van der Waals surface area (Å²) in [5.74, 6) is -2.07. The Balaban J connectivity index is 2.38. The van der Waals surface area contributed by atoms with E-state index in [1.807, 2.05) is 37.4 Å². The number of nitrogens with one attached hydrogen (secondary N) is 5. The summed E-state index contributed by atoms with van der Waals surface area (Å²) in [6, 6.07) is 3.66. The first-order valence-corrected chi connectivity index (χ1v) is 19.1. The molecule has 5 atom stereocenters. The lowest BCUT2D eigenvalue weighted by molar-refractivity contribution is -0.135. The molecule has 0 unspecified atom stereocenters. The Morgan fingerprint density at radius 2 is 1.16 bits per heavy atom. The maximum Gasteiger partial charge on any atom is 0.243 e. The van der Waals surface area contributed by atoms with Crippen LogP contribution in [0.2, 0.25) is 0 Å². The molecule has 0 fully saturated rings. The average Bonchev–Trinajstić information content (AvgIpc) is 3.51. The number of hydrogen-bond donors (Lipinski definition) is 9. The molecule has 0 aliphatic rings. The molecule has 2 aromatic rings. The maximum atomic E-state index is 14.1. The second-order valence-corrected chi connectivity index (χ2v) is 13.7. The van der Waals surface area contributed by atoms with E-state index in [4.69, 9.17) is 22.9 Å². The van der Waals surface area contributed by atoms with Gasteiger partial charge in [-0.2, -0.15) is 11.8 Å². The summed E-state index contributed by atoms with van der Waals surface area (Å²) in [4.78, 5) is 70.0. The summed E-state index contributed by atoms with van der Waals surface area (Å²) in [6.45, 7) is 3.10. The molecule has 0 bridgehead atoms. The minimum absolute atomic E-state index is 0.106. The van der Waals surface area contributed by atoms with Crippen molar-refractivity contribution in [1.82, 2.24) is 26.3 Å². The Labute approximate surface area is 300 Å². The topological polar surface area (TPSA) is 253 Å². The first-order chi connectivity index (χ1) is 24.1. The summed E-state index contributed by atoms with van der Waals surface area (Å²) in [7, 11) is 0. The first kappa shape index (κ1) is 42.5. The molecule has 14 nitrogen and oxygen atoms in total. The summed E-state index contributed by atoms with van der Waals surface area (Å²) in [6.07, 6.45) is 9.10. The largest absolute Gasteiger partial charge is 0.368 e. The number of aromatic nitrogens is 1. The van der Waals surface area contributed by atoms with Crippen LogP contribution in [-0.4, -0.2) is 90.3 Å². The smallest absolute Gasteiger partial charge is 0.243 e. The fourth-order valence-corrected chi connectivity index (χ4v) is 6.18. The van der Waals surface area contributed by atoms with Crippen molar-refractivity contribution in [1.29, 1.82) is 0 Å². The molecule has 0 saturated carbocycles. The molecule has 280 valence electrons. The van der Waals surface area contributed by atoms with Gasteiger partial charge in [-0.1, -0.05) is 25.1 Å². The second-order valence-electron chi connectivity index (χ2n) is 12.7. The van der Waals surface area contributed by atoms with Crippen LogP contribution in [-0.2, 0) is 30.4 Å². The number of fused-ring (bicyclic) bond motifs is 1. The van der Waals surface area contributed by atoms with E-state index in [0.717, 1.165) is 22.2 Å². The van der Waals surface area contributed by atoms with Gasteiger partial charge in [0.1, 0.15) is 24.2 Å². The molecule has 1 aromatic heterocycles. The average molecular weight is 718 g/mol. The number of rotatable bonds is 26. The SMILES string of the molecule is CSCC[C@H](C)C(=O)N[C@@H](CCCCN)C(=O)N[C@@H](Cc1c[nH]c2ccccc12)C(=O)N[C@@H](CCCCN)C(=O)N[C@@H](CCCCN)C(N)=O. The van der Waals surface area contributed by atoms with Crippen LogP contribution in [0.4, 0.5) is 0 Å². The number of primary amides is 1. The molecule has 0 aliphatic carbocycles. The zero-order chi connectivity index (χ0) is 36.9. The summed E-state index contributed by atoms with van der Waals surface area (Å²) >= 11 is 1.64. The van der Waals surface area contributed by atoms with E-state index in [9.17, 15) is 24.0 Å². The lowest BCUT2D eigenvalue weighted by Gasteiger charge is -2.27. The van der Waals surface area contributed by atoms with Crippen molar-refractivity contribution in [3.05, 3.63) is 36.0 Å². The van der Waals surface area contributed by atoms with Crippen molar-refractivity contribution in [2.75, 3.05) is 31.6 Å². The molecule has 0 spiro atoms. The highest BCUT2D eigenvalue weighted by atomic mass is 32.2. The lowest BCUT2D eigenvalue weighted by atomic mass is 10.0. The van der Waals surface area contributed by atoms with Crippen molar-refractivity contribution < 1.29 is 24.0 Å². The van der Waals surface area contributed by atoms with Gasteiger partial charge in [0.25, 0.3) is 0 Å². The van der Waals surface area contributed by atoms with E-state index >= 15 is 0 Å². The number of benzene rings is 1. The van der Waals surface area contributed by atoms with Crippen LogP contribution in [0.15, 0.2) is 30.5 Å². The van der Waals surface area contributed by atoms with Gasteiger partial charge < -0.3 is 49.2 Å². The van der Waals surface area contributed by atoms with Gasteiger partial charge >= 0.3 is 0 Å². The van der Waals surface area contributed by atoms with Gasteiger partial charge in [-0.3, -0.25) is 24.0 Å². The van der Waals surface area contributed by atoms with E-state index in [1.165, 1.54) is 0 Å². The molecule has 2 rings (SSSR count). The van der Waals surface area contributed by atoms with Crippen LogP contribution in [0.3, 0.4) is 0 Å². The highest BCUT2D eigenvalue weighted by molar-refractivity contribution is 7.98. The van der Waals surface area contributed by atoms with Crippen molar-refractivity contribution >= 4 is 52.2 Å². The Kier molecular flexibility index (Phi) is 20.1. The molecular formula is C35H59N9O5S. The van der Waals surface area contributed by atoms with Crippen molar-refractivity contribution in [3.63, 3.8) is 0 Å². The van der Waals surface area contributed by atoms with E-state index in [-0.39, 0.29) is 24.7 Å². The van der Waals surface area contributed by atoms with Crippen LogP contribution in [0.5, 0.6) is 0 Å². The van der Waals surface area contributed by atoms with Gasteiger partial charge in [-0.15, -0.1) is 0 Å². The van der Waals surface area contributed by atoms with Crippen LogP contribution in [0.25, 0.3) is 10.9 Å². The molecule has 5 amide bonds. The van der Waals surface area contributed by atoms with E-state index in [2.05, 4.69) is 26.3 Å². The molecule has 15 heteroatoms. The number of H-pyrrole nitrogens is 1. The molecule has 0 saturated heterocycles. The third kappa shape index (κ3) is 14.7. The third-order valence-corrected chi connectivity index (χ3v) is 9.35. The van der Waals surface area contributed by atoms with Gasteiger partial charge in [0.15, 0.2) is 0 Å². The van der Waals surface area contributed by atoms with Gasteiger partial charge in [0, 0.05) is 29.4 Å². The molecule has 0 aliphatic heterocycles. The fraction of sp³-hybridized carbons (Fsp3) is 0.629. The molecule has 0 radical (unpaired) electrons. The van der Waals surface area contributed by atoms with E-state index in [0.29, 0.717) is 77.4 Å². The highest BCUT2D eigenvalue weighted by Gasteiger charge is 2.32. The monoisotopic (exact) mass is 717 g/mol. The number of aromatic amines is 1. The lowest BCUT2D eigenvalue weighted by Crippen LogP contribution is -2.58. The number of unbranched alkanes of at least 4 members (excludes halogenated alkanes) is 3. The Hall–Kier alpha value is -3.66. The van der Waals surface area contributed by atoms with Crippen LogP contribution in [0, 0.1) is 5.92 Å². The van der Waals surface area contributed by atoms with Crippen molar-refractivity contribution in [3.8, 4) is 0 Å². The highest BCUT2D eigenvalue weighted by Crippen LogP contribution is 2.20. The summed E-state index contributed by atoms with van der Waals surface area (Å²) in [5, 5.41) is 12.2. The first-order valence-electron chi connectivity index (χ1n) is 17.7. The van der Waals surface area contributed by atoms with Crippen LogP contribution in [0.1, 0.15) is 76.7 Å². The van der Waals surface area contributed by atoms with E-state index in [1.54, 1.807) is 18.0 Å². The molecule has 13 N–H and O–H groups in total.